The average molecular weight is 279 g/mol. The van der Waals surface area contributed by atoms with Gasteiger partial charge >= 0.3 is 0 Å². The Morgan fingerprint density at radius 2 is 2.06 bits per heavy atom. The predicted octanol–water partition coefficient (Wildman–Crippen LogP) is 2.62. The van der Waals surface area contributed by atoms with Gasteiger partial charge in [0.1, 0.15) is 5.69 Å². The third kappa shape index (κ3) is 1.51. The number of benzene rings is 1. The van der Waals surface area contributed by atoms with Crippen LogP contribution in [0.1, 0.15) is 18.9 Å². The fourth-order valence-electron chi connectivity index (χ4n) is 1.73. The number of nitrogens with two attached hydrogens (primary N) is 1. The minimum Gasteiger partial charge on any atom is -0.382 e. The van der Waals surface area contributed by atoms with E-state index in [9.17, 15) is 0 Å². The van der Waals surface area contributed by atoms with Crippen molar-refractivity contribution in [1.82, 2.24) is 15.0 Å². The molecule has 0 atom stereocenters. The highest BCUT2D eigenvalue weighted by Crippen LogP contribution is 2.39. The lowest BCUT2D eigenvalue weighted by atomic mass is 10.1. The van der Waals surface area contributed by atoms with E-state index in [1.54, 1.807) is 0 Å². The van der Waals surface area contributed by atoms with Crippen LogP contribution in [0.2, 0.25) is 0 Å². The molecule has 1 aromatic carbocycles. The quantitative estimate of drug-likeness (QED) is 0.919. The van der Waals surface area contributed by atoms with Crippen molar-refractivity contribution in [2.24, 2.45) is 0 Å². The molecule has 2 N–H and O–H groups in total. The SMILES string of the molecule is Nc1c(-c2ccccc2Br)nnn1C1CC1. The molecule has 82 valence electrons. The second-order valence-electron chi connectivity index (χ2n) is 3.98. The van der Waals surface area contributed by atoms with E-state index in [-0.39, 0.29) is 0 Å². The monoisotopic (exact) mass is 278 g/mol. The molecule has 1 heterocycles. The van der Waals surface area contributed by atoms with Crippen molar-refractivity contribution in [2.75, 3.05) is 5.73 Å². The van der Waals surface area contributed by atoms with E-state index in [4.69, 9.17) is 5.73 Å². The normalized spacial score (nSPS) is 15.3. The van der Waals surface area contributed by atoms with Gasteiger partial charge in [0, 0.05) is 10.0 Å². The summed E-state index contributed by atoms with van der Waals surface area (Å²) in [5.74, 6) is 0.661. The molecule has 0 spiro atoms. The highest BCUT2D eigenvalue weighted by molar-refractivity contribution is 9.10. The van der Waals surface area contributed by atoms with Crippen LogP contribution in [0.25, 0.3) is 11.3 Å². The summed E-state index contributed by atoms with van der Waals surface area (Å²) in [6.45, 7) is 0. The van der Waals surface area contributed by atoms with E-state index in [2.05, 4.69) is 26.2 Å². The van der Waals surface area contributed by atoms with Crippen LogP contribution < -0.4 is 5.73 Å². The van der Waals surface area contributed by atoms with Crippen molar-refractivity contribution >= 4 is 21.7 Å². The van der Waals surface area contributed by atoms with Gasteiger partial charge in [-0.25, -0.2) is 4.68 Å². The number of aromatic nitrogens is 3. The molecule has 1 aliphatic carbocycles. The molecule has 5 heteroatoms. The fourth-order valence-corrected chi connectivity index (χ4v) is 2.21. The topological polar surface area (TPSA) is 56.7 Å². The van der Waals surface area contributed by atoms with Gasteiger partial charge in [-0.15, -0.1) is 5.10 Å². The lowest BCUT2D eigenvalue weighted by Crippen LogP contribution is -2.02. The zero-order valence-corrected chi connectivity index (χ0v) is 10.2. The Balaban J connectivity index is 2.10. The molecule has 3 rings (SSSR count). The molecule has 1 aromatic heterocycles. The number of rotatable bonds is 2. The molecule has 0 radical (unpaired) electrons. The maximum Gasteiger partial charge on any atom is 0.150 e. The summed E-state index contributed by atoms with van der Waals surface area (Å²) >= 11 is 3.50. The highest BCUT2D eigenvalue weighted by atomic mass is 79.9. The van der Waals surface area contributed by atoms with Gasteiger partial charge in [-0.3, -0.25) is 0 Å². The van der Waals surface area contributed by atoms with Crippen molar-refractivity contribution in [3.05, 3.63) is 28.7 Å². The molecular formula is C11H11BrN4. The van der Waals surface area contributed by atoms with Crippen LogP contribution >= 0.6 is 15.9 Å². The molecule has 1 fully saturated rings. The van der Waals surface area contributed by atoms with Gasteiger partial charge in [0.25, 0.3) is 0 Å². The Kier molecular flexibility index (Phi) is 2.21. The van der Waals surface area contributed by atoms with E-state index >= 15 is 0 Å². The highest BCUT2D eigenvalue weighted by Gasteiger charge is 2.28. The summed E-state index contributed by atoms with van der Waals surface area (Å²) in [6, 6.07) is 8.36. The number of halogens is 1. The van der Waals surface area contributed by atoms with Crippen LogP contribution in [0.4, 0.5) is 5.82 Å². The fraction of sp³-hybridized carbons (Fsp3) is 0.273. The van der Waals surface area contributed by atoms with Gasteiger partial charge in [-0.05, 0) is 18.9 Å². The van der Waals surface area contributed by atoms with Gasteiger partial charge in [-0.1, -0.05) is 39.3 Å². The largest absolute Gasteiger partial charge is 0.382 e. The third-order valence-corrected chi connectivity index (χ3v) is 3.44. The standard InChI is InChI=1S/C11H11BrN4/c12-9-4-2-1-3-8(9)10-11(13)16(15-14-10)7-5-6-7/h1-4,7H,5-6,13H2. The summed E-state index contributed by atoms with van der Waals surface area (Å²) < 4.78 is 2.82. The molecule has 0 saturated heterocycles. The van der Waals surface area contributed by atoms with Crippen molar-refractivity contribution in [3.8, 4) is 11.3 Å². The molecule has 1 saturated carbocycles. The Morgan fingerprint density at radius 3 is 2.75 bits per heavy atom. The van der Waals surface area contributed by atoms with Gasteiger partial charge in [0.2, 0.25) is 0 Å². The Morgan fingerprint density at radius 1 is 1.31 bits per heavy atom. The number of anilines is 1. The Labute approximate surface area is 102 Å². The Hall–Kier alpha value is -1.36. The summed E-state index contributed by atoms with van der Waals surface area (Å²) in [6.07, 6.45) is 2.31. The first-order chi connectivity index (χ1) is 7.77. The predicted molar refractivity (Wildman–Crippen MR) is 65.8 cm³/mol. The van der Waals surface area contributed by atoms with Gasteiger partial charge in [0.15, 0.2) is 5.82 Å². The van der Waals surface area contributed by atoms with Gasteiger partial charge in [0.05, 0.1) is 6.04 Å². The molecular weight excluding hydrogens is 268 g/mol. The maximum absolute atomic E-state index is 6.06. The van der Waals surface area contributed by atoms with E-state index in [0.717, 1.165) is 28.6 Å². The lowest BCUT2D eigenvalue weighted by Gasteiger charge is -2.02. The number of nitrogen functional groups attached to an aromatic ring is 1. The molecule has 4 nitrogen and oxygen atoms in total. The molecule has 0 aliphatic heterocycles. The van der Waals surface area contributed by atoms with Crippen LogP contribution in [-0.4, -0.2) is 15.0 Å². The molecule has 0 bridgehead atoms. The summed E-state index contributed by atoms with van der Waals surface area (Å²) in [4.78, 5) is 0. The Bertz CT molecular complexity index is 531. The smallest absolute Gasteiger partial charge is 0.150 e. The van der Waals surface area contributed by atoms with Crippen molar-refractivity contribution < 1.29 is 0 Å². The number of hydrogen-bond donors (Lipinski definition) is 1. The molecule has 0 unspecified atom stereocenters. The minimum atomic E-state index is 0.462. The zero-order valence-electron chi connectivity index (χ0n) is 8.60. The second-order valence-corrected chi connectivity index (χ2v) is 4.83. The minimum absolute atomic E-state index is 0.462. The van der Waals surface area contributed by atoms with Crippen molar-refractivity contribution in [2.45, 2.75) is 18.9 Å². The third-order valence-electron chi connectivity index (χ3n) is 2.75. The average Bonchev–Trinajstić information content (AvgIpc) is 3.05. The van der Waals surface area contributed by atoms with Crippen molar-refractivity contribution in [3.63, 3.8) is 0 Å². The van der Waals surface area contributed by atoms with Crippen molar-refractivity contribution in [1.29, 1.82) is 0 Å². The summed E-state index contributed by atoms with van der Waals surface area (Å²) in [5.41, 5.74) is 7.82. The first-order valence-corrected chi connectivity index (χ1v) is 6.02. The molecule has 0 amide bonds. The maximum atomic E-state index is 6.06. The summed E-state index contributed by atoms with van der Waals surface area (Å²) in [5, 5.41) is 8.28. The van der Waals surface area contributed by atoms with Crippen LogP contribution in [0.15, 0.2) is 28.7 Å². The first kappa shape index (κ1) is 9.84. The van der Waals surface area contributed by atoms with E-state index in [1.165, 1.54) is 0 Å². The van der Waals surface area contributed by atoms with Crippen LogP contribution in [0.5, 0.6) is 0 Å². The zero-order chi connectivity index (χ0) is 11.1. The van der Waals surface area contributed by atoms with Crippen LogP contribution in [0.3, 0.4) is 0 Å². The molecule has 2 aromatic rings. The summed E-state index contributed by atoms with van der Waals surface area (Å²) in [7, 11) is 0. The second kappa shape index (κ2) is 3.59. The van der Waals surface area contributed by atoms with Gasteiger partial charge < -0.3 is 5.73 Å². The lowest BCUT2D eigenvalue weighted by molar-refractivity contribution is 0.619. The van der Waals surface area contributed by atoms with Crippen LogP contribution in [0, 0.1) is 0 Å². The van der Waals surface area contributed by atoms with E-state index in [1.807, 2.05) is 28.9 Å². The molecule has 1 aliphatic rings. The number of nitrogens with zero attached hydrogens (tertiary/aromatic N) is 3. The first-order valence-electron chi connectivity index (χ1n) is 5.23. The van der Waals surface area contributed by atoms with E-state index < -0.39 is 0 Å². The van der Waals surface area contributed by atoms with E-state index in [0.29, 0.717) is 11.9 Å². The van der Waals surface area contributed by atoms with Gasteiger partial charge in [-0.2, -0.15) is 0 Å². The molecule has 16 heavy (non-hydrogen) atoms. The van der Waals surface area contributed by atoms with Crippen LogP contribution in [-0.2, 0) is 0 Å². The number of hydrogen-bond acceptors (Lipinski definition) is 3.